The molecule has 84 valence electrons. The molecule has 2 nitrogen and oxygen atoms in total. The van der Waals surface area contributed by atoms with Crippen LogP contribution in [0.25, 0.3) is 0 Å². The third-order valence-corrected chi connectivity index (χ3v) is 3.33. The van der Waals surface area contributed by atoms with Gasteiger partial charge in [-0.3, -0.25) is 0 Å². The van der Waals surface area contributed by atoms with E-state index in [0.717, 1.165) is 12.1 Å². The van der Waals surface area contributed by atoms with E-state index in [1.807, 2.05) is 6.07 Å². The number of likely N-dealkylation sites (tertiary alicyclic amines) is 1. The van der Waals surface area contributed by atoms with Gasteiger partial charge in [-0.05, 0) is 43.5 Å². The zero-order valence-electron chi connectivity index (χ0n) is 9.82. The molecule has 2 rings (SSSR count). The quantitative estimate of drug-likeness (QED) is 0.756. The molecule has 0 aliphatic carbocycles. The second-order valence-electron chi connectivity index (χ2n) is 4.68. The molecule has 1 atom stereocenters. The van der Waals surface area contributed by atoms with Crippen molar-refractivity contribution in [3.05, 3.63) is 35.4 Å². The maximum atomic E-state index is 8.70. The lowest BCUT2D eigenvalue weighted by Gasteiger charge is -2.30. The van der Waals surface area contributed by atoms with Gasteiger partial charge in [0.25, 0.3) is 0 Å². The van der Waals surface area contributed by atoms with Crippen LogP contribution < -0.4 is 0 Å². The summed E-state index contributed by atoms with van der Waals surface area (Å²) in [6, 6.07) is 10.7. The van der Waals surface area contributed by atoms with E-state index in [9.17, 15) is 0 Å². The Labute approximate surface area is 97.5 Å². The molecule has 1 aromatic rings. The van der Waals surface area contributed by atoms with Crippen LogP contribution in [0, 0.1) is 11.3 Å². The minimum atomic E-state index is 0.524. The Morgan fingerprint density at radius 2 is 2.38 bits per heavy atom. The fourth-order valence-electron chi connectivity index (χ4n) is 2.49. The fourth-order valence-corrected chi connectivity index (χ4v) is 2.49. The second-order valence-corrected chi connectivity index (χ2v) is 4.68. The third-order valence-electron chi connectivity index (χ3n) is 3.33. The molecule has 1 unspecified atom stereocenters. The highest BCUT2D eigenvalue weighted by molar-refractivity contribution is 5.28. The lowest BCUT2D eigenvalue weighted by Crippen LogP contribution is -2.30. The zero-order valence-corrected chi connectivity index (χ0v) is 9.82. The van der Waals surface area contributed by atoms with Crippen LogP contribution in [-0.4, -0.2) is 25.0 Å². The van der Waals surface area contributed by atoms with E-state index in [0.29, 0.717) is 12.3 Å². The number of rotatable bonds is 2. The first kappa shape index (κ1) is 11.2. The predicted molar refractivity (Wildman–Crippen MR) is 65.2 cm³/mol. The third kappa shape index (κ3) is 2.62. The number of benzene rings is 1. The van der Waals surface area contributed by atoms with E-state index in [1.54, 1.807) is 0 Å². The molecule has 1 aliphatic heterocycles. The molecule has 1 aliphatic rings. The molecular weight excluding hydrogens is 196 g/mol. The zero-order chi connectivity index (χ0) is 11.4. The van der Waals surface area contributed by atoms with Crippen LogP contribution in [0.3, 0.4) is 0 Å². The number of piperidine rings is 1. The average molecular weight is 214 g/mol. The van der Waals surface area contributed by atoms with Crippen molar-refractivity contribution in [2.24, 2.45) is 0 Å². The number of hydrogen-bond acceptors (Lipinski definition) is 2. The highest BCUT2D eigenvalue weighted by Crippen LogP contribution is 2.26. The van der Waals surface area contributed by atoms with Crippen LogP contribution in [0.4, 0.5) is 0 Å². The molecule has 0 aromatic heterocycles. The Kier molecular flexibility index (Phi) is 3.58. The van der Waals surface area contributed by atoms with Crippen molar-refractivity contribution < 1.29 is 0 Å². The number of hydrogen-bond donors (Lipinski definition) is 0. The molecule has 16 heavy (non-hydrogen) atoms. The van der Waals surface area contributed by atoms with Crippen molar-refractivity contribution in [1.29, 1.82) is 5.26 Å². The summed E-state index contributed by atoms with van der Waals surface area (Å²) in [7, 11) is 2.19. The Morgan fingerprint density at radius 1 is 1.50 bits per heavy atom. The van der Waals surface area contributed by atoms with Gasteiger partial charge >= 0.3 is 0 Å². The summed E-state index contributed by atoms with van der Waals surface area (Å²) in [4.78, 5) is 2.39. The van der Waals surface area contributed by atoms with Crippen molar-refractivity contribution in [3.63, 3.8) is 0 Å². The summed E-state index contributed by atoms with van der Waals surface area (Å²) in [5.41, 5.74) is 2.55. The topological polar surface area (TPSA) is 27.0 Å². The van der Waals surface area contributed by atoms with Gasteiger partial charge in [0.15, 0.2) is 0 Å². The monoisotopic (exact) mass is 214 g/mol. The Balaban J connectivity index is 2.13. The minimum absolute atomic E-state index is 0.524. The van der Waals surface area contributed by atoms with Crippen molar-refractivity contribution in [2.75, 3.05) is 20.1 Å². The van der Waals surface area contributed by atoms with Gasteiger partial charge in [0.2, 0.25) is 0 Å². The van der Waals surface area contributed by atoms with Crippen LogP contribution in [0.15, 0.2) is 24.3 Å². The van der Waals surface area contributed by atoms with Crippen molar-refractivity contribution in [3.8, 4) is 6.07 Å². The van der Waals surface area contributed by atoms with E-state index < -0.39 is 0 Å². The van der Waals surface area contributed by atoms with E-state index in [2.05, 4.69) is 36.2 Å². The van der Waals surface area contributed by atoms with Crippen LogP contribution in [0.5, 0.6) is 0 Å². The first-order chi connectivity index (χ1) is 7.79. The van der Waals surface area contributed by atoms with Gasteiger partial charge in [-0.25, -0.2) is 0 Å². The summed E-state index contributed by atoms with van der Waals surface area (Å²) in [5, 5.41) is 8.70. The maximum Gasteiger partial charge on any atom is 0.0669 e. The predicted octanol–water partition coefficient (Wildman–Crippen LogP) is 2.56. The lowest BCUT2D eigenvalue weighted by atomic mass is 9.90. The highest BCUT2D eigenvalue weighted by Gasteiger charge is 2.18. The van der Waals surface area contributed by atoms with E-state index in [1.165, 1.54) is 24.9 Å². The molecule has 1 heterocycles. The van der Waals surface area contributed by atoms with Gasteiger partial charge in [0.1, 0.15) is 0 Å². The van der Waals surface area contributed by atoms with Gasteiger partial charge < -0.3 is 4.90 Å². The van der Waals surface area contributed by atoms with Crippen LogP contribution in [0.1, 0.15) is 29.9 Å². The summed E-state index contributed by atoms with van der Waals surface area (Å²) < 4.78 is 0. The Bertz CT molecular complexity index is 392. The molecule has 0 amide bonds. The first-order valence-corrected chi connectivity index (χ1v) is 5.94. The van der Waals surface area contributed by atoms with Crippen LogP contribution >= 0.6 is 0 Å². The molecule has 0 spiro atoms. The van der Waals surface area contributed by atoms with E-state index >= 15 is 0 Å². The van der Waals surface area contributed by atoms with E-state index in [-0.39, 0.29) is 0 Å². The normalized spacial score (nSPS) is 21.6. The fraction of sp³-hybridized carbons (Fsp3) is 0.500. The van der Waals surface area contributed by atoms with Gasteiger partial charge in [0.05, 0.1) is 12.5 Å². The molecule has 1 fully saturated rings. The van der Waals surface area contributed by atoms with Gasteiger partial charge in [-0.2, -0.15) is 5.26 Å². The van der Waals surface area contributed by atoms with E-state index in [4.69, 9.17) is 5.26 Å². The molecular formula is C14H18N2. The summed E-state index contributed by atoms with van der Waals surface area (Å²) >= 11 is 0. The minimum Gasteiger partial charge on any atom is -0.306 e. The highest BCUT2D eigenvalue weighted by atomic mass is 15.1. The largest absolute Gasteiger partial charge is 0.306 e. The smallest absolute Gasteiger partial charge is 0.0669 e. The number of likely N-dealkylation sites (N-methyl/N-ethyl adjacent to an activating group) is 1. The molecule has 0 N–H and O–H groups in total. The molecule has 1 saturated heterocycles. The molecule has 0 saturated carbocycles. The maximum absolute atomic E-state index is 8.70. The first-order valence-electron chi connectivity index (χ1n) is 5.94. The van der Waals surface area contributed by atoms with Crippen LogP contribution in [0.2, 0.25) is 0 Å². The standard InChI is InChI=1S/C14H18N2/c1-16-9-3-6-14(11-16)13-5-2-4-12(10-13)7-8-15/h2,4-5,10,14H,3,6-7,9,11H2,1H3. The molecule has 2 heteroatoms. The van der Waals surface area contributed by atoms with Gasteiger partial charge in [-0.1, -0.05) is 24.3 Å². The summed E-state index contributed by atoms with van der Waals surface area (Å²) in [5.74, 6) is 0.650. The van der Waals surface area contributed by atoms with Gasteiger partial charge in [0, 0.05) is 6.54 Å². The van der Waals surface area contributed by atoms with Crippen molar-refractivity contribution in [2.45, 2.75) is 25.2 Å². The summed E-state index contributed by atoms with van der Waals surface area (Å²) in [6.07, 6.45) is 3.08. The van der Waals surface area contributed by atoms with Crippen molar-refractivity contribution >= 4 is 0 Å². The lowest BCUT2D eigenvalue weighted by molar-refractivity contribution is 0.251. The molecule has 0 bridgehead atoms. The SMILES string of the molecule is CN1CCCC(c2cccc(CC#N)c2)C1. The Hall–Kier alpha value is -1.33. The average Bonchev–Trinajstić information content (AvgIpc) is 2.30. The van der Waals surface area contributed by atoms with Crippen LogP contribution in [-0.2, 0) is 6.42 Å². The Morgan fingerprint density at radius 3 is 3.12 bits per heavy atom. The molecule has 0 radical (unpaired) electrons. The van der Waals surface area contributed by atoms with Crippen molar-refractivity contribution in [1.82, 2.24) is 4.90 Å². The van der Waals surface area contributed by atoms with Gasteiger partial charge in [-0.15, -0.1) is 0 Å². The second kappa shape index (κ2) is 5.14. The number of nitriles is 1. The number of nitrogens with zero attached hydrogens (tertiary/aromatic N) is 2. The summed E-state index contributed by atoms with van der Waals surface area (Å²) in [6.45, 7) is 2.37. The molecule has 1 aromatic carbocycles.